The van der Waals surface area contributed by atoms with Crippen molar-refractivity contribution in [3.63, 3.8) is 0 Å². The van der Waals surface area contributed by atoms with E-state index in [1.165, 1.54) is 23.6 Å². The Hall–Kier alpha value is -2.40. The van der Waals surface area contributed by atoms with Crippen molar-refractivity contribution in [3.8, 4) is 0 Å². The quantitative estimate of drug-likeness (QED) is 0.373. The number of ether oxygens (including phenoxy) is 1. The SMILES string of the molecule is CNCc1csc(C(=O)Nc2c(C(=O)Nc3ccc(Cl)cn3)cc(Cl)cc2N2CCOCC2)c1Cl. The van der Waals surface area contributed by atoms with Crippen LogP contribution in [0.1, 0.15) is 25.6 Å². The zero-order valence-corrected chi connectivity index (χ0v) is 21.7. The predicted octanol–water partition coefficient (Wildman–Crippen LogP) is 5.16. The van der Waals surface area contributed by atoms with Crippen LogP contribution in [0.2, 0.25) is 15.1 Å². The van der Waals surface area contributed by atoms with Crippen LogP contribution in [0.5, 0.6) is 0 Å². The summed E-state index contributed by atoms with van der Waals surface area (Å²) in [6, 6.07) is 6.43. The van der Waals surface area contributed by atoms with Crippen molar-refractivity contribution in [2.75, 3.05) is 48.9 Å². The van der Waals surface area contributed by atoms with E-state index in [0.29, 0.717) is 70.0 Å². The normalized spacial score (nSPS) is 13.5. The standard InChI is InChI=1S/C23H22Cl3N5O3S/c1-27-10-13-12-35-21(19(13)26)23(33)30-20-16(22(32)29-18-3-2-14(24)11-28-18)8-15(25)9-17(20)31-4-6-34-7-5-31/h2-3,8-9,11-12,27H,4-7,10H2,1H3,(H,30,33)(H,28,29,32). The molecule has 1 aliphatic rings. The van der Waals surface area contributed by atoms with Gasteiger partial charge in [0.1, 0.15) is 10.7 Å². The number of hydrogen-bond acceptors (Lipinski definition) is 7. The molecule has 0 saturated carbocycles. The first-order chi connectivity index (χ1) is 16.9. The Bertz CT molecular complexity index is 1230. The molecule has 0 unspecified atom stereocenters. The lowest BCUT2D eigenvalue weighted by Crippen LogP contribution is -2.37. The van der Waals surface area contributed by atoms with Crippen LogP contribution >= 0.6 is 46.1 Å². The number of halogens is 3. The Labute approximate surface area is 221 Å². The third kappa shape index (κ3) is 6.06. The third-order valence-electron chi connectivity index (χ3n) is 5.26. The van der Waals surface area contributed by atoms with Crippen molar-refractivity contribution in [1.29, 1.82) is 0 Å². The monoisotopic (exact) mass is 553 g/mol. The number of anilines is 3. The molecule has 8 nitrogen and oxygen atoms in total. The molecular formula is C23H22Cl3N5O3S. The molecule has 35 heavy (non-hydrogen) atoms. The second kappa shape index (κ2) is 11.6. The predicted molar refractivity (Wildman–Crippen MR) is 142 cm³/mol. The highest BCUT2D eigenvalue weighted by atomic mass is 35.5. The van der Waals surface area contributed by atoms with Crippen LogP contribution in [-0.4, -0.2) is 50.1 Å². The molecule has 1 aliphatic heterocycles. The maximum atomic E-state index is 13.3. The van der Waals surface area contributed by atoms with E-state index in [4.69, 9.17) is 39.5 Å². The second-order valence-corrected chi connectivity index (χ2v) is 9.78. The van der Waals surface area contributed by atoms with Crippen LogP contribution in [0.15, 0.2) is 35.8 Å². The summed E-state index contributed by atoms with van der Waals surface area (Å²) in [4.78, 5) is 33.1. The summed E-state index contributed by atoms with van der Waals surface area (Å²) < 4.78 is 5.47. The average molecular weight is 555 g/mol. The minimum Gasteiger partial charge on any atom is -0.378 e. The molecule has 4 rings (SSSR count). The number of amides is 2. The number of carbonyl (C=O) groups excluding carboxylic acids is 2. The molecule has 184 valence electrons. The van der Waals surface area contributed by atoms with E-state index in [-0.39, 0.29) is 5.56 Å². The van der Waals surface area contributed by atoms with Gasteiger partial charge in [-0.2, -0.15) is 0 Å². The van der Waals surface area contributed by atoms with Crippen LogP contribution in [0.4, 0.5) is 17.2 Å². The number of nitrogens with one attached hydrogen (secondary N) is 3. The number of thiophene rings is 1. The van der Waals surface area contributed by atoms with Gasteiger partial charge < -0.3 is 25.6 Å². The minimum absolute atomic E-state index is 0.187. The summed E-state index contributed by atoms with van der Waals surface area (Å²) in [6.45, 7) is 2.72. The zero-order valence-electron chi connectivity index (χ0n) is 18.7. The molecular weight excluding hydrogens is 533 g/mol. The number of hydrogen-bond donors (Lipinski definition) is 3. The van der Waals surface area contributed by atoms with Gasteiger partial charge in [0.05, 0.1) is 40.2 Å². The Morgan fingerprint density at radius 2 is 1.86 bits per heavy atom. The summed E-state index contributed by atoms with van der Waals surface area (Å²) in [5.74, 6) is -0.597. The van der Waals surface area contributed by atoms with E-state index in [1.807, 2.05) is 10.3 Å². The summed E-state index contributed by atoms with van der Waals surface area (Å²) >= 11 is 20.0. The number of pyridine rings is 1. The van der Waals surface area contributed by atoms with E-state index in [9.17, 15) is 9.59 Å². The lowest BCUT2D eigenvalue weighted by molar-refractivity contribution is 0.102. The van der Waals surface area contributed by atoms with E-state index in [2.05, 4.69) is 20.9 Å². The maximum Gasteiger partial charge on any atom is 0.267 e. The van der Waals surface area contributed by atoms with Crippen molar-refractivity contribution < 1.29 is 14.3 Å². The number of morpholine rings is 1. The van der Waals surface area contributed by atoms with Crippen LogP contribution in [0.3, 0.4) is 0 Å². The molecule has 0 spiro atoms. The number of rotatable bonds is 7. The molecule has 0 atom stereocenters. The van der Waals surface area contributed by atoms with Gasteiger partial charge in [-0.15, -0.1) is 11.3 Å². The first kappa shape index (κ1) is 25.7. The highest BCUT2D eigenvalue weighted by Crippen LogP contribution is 2.36. The van der Waals surface area contributed by atoms with Gasteiger partial charge in [0, 0.05) is 30.9 Å². The first-order valence-electron chi connectivity index (χ1n) is 10.7. The number of nitrogens with zero attached hydrogens (tertiary/aromatic N) is 2. The van der Waals surface area contributed by atoms with Crippen molar-refractivity contribution in [2.24, 2.45) is 0 Å². The molecule has 2 amide bonds. The van der Waals surface area contributed by atoms with Crippen LogP contribution < -0.4 is 20.9 Å². The van der Waals surface area contributed by atoms with Gasteiger partial charge >= 0.3 is 0 Å². The van der Waals surface area contributed by atoms with E-state index in [1.54, 1.807) is 25.2 Å². The first-order valence-corrected chi connectivity index (χ1v) is 12.7. The summed E-state index contributed by atoms with van der Waals surface area (Å²) in [7, 11) is 1.80. The smallest absolute Gasteiger partial charge is 0.267 e. The fraction of sp³-hybridized carbons (Fsp3) is 0.261. The Morgan fingerprint density at radius 1 is 1.09 bits per heavy atom. The van der Waals surface area contributed by atoms with Gasteiger partial charge in [-0.25, -0.2) is 4.98 Å². The molecule has 12 heteroatoms. The van der Waals surface area contributed by atoms with Crippen molar-refractivity contribution in [3.05, 3.63) is 66.9 Å². The van der Waals surface area contributed by atoms with Gasteiger partial charge in [0.15, 0.2) is 0 Å². The molecule has 1 fully saturated rings. The summed E-state index contributed by atoms with van der Waals surface area (Å²) in [5.41, 5.74) is 1.95. The van der Waals surface area contributed by atoms with E-state index >= 15 is 0 Å². The molecule has 3 aromatic rings. The maximum absolute atomic E-state index is 13.3. The van der Waals surface area contributed by atoms with E-state index in [0.717, 1.165) is 5.56 Å². The topological polar surface area (TPSA) is 95.6 Å². The van der Waals surface area contributed by atoms with Crippen LogP contribution in [-0.2, 0) is 11.3 Å². The van der Waals surface area contributed by atoms with Crippen LogP contribution in [0, 0.1) is 0 Å². The largest absolute Gasteiger partial charge is 0.378 e. The summed E-state index contributed by atoms with van der Waals surface area (Å²) in [5, 5.41) is 11.7. The van der Waals surface area contributed by atoms with E-state index < -0.39 is 11.8 Å². The Balaban J connectivity index is 1.72. The molecule has 1 aromatic carbocycles. The molecule has 3 heterocycles. The van der Waals surface area contributed by atoms with Crippen molar-refractivity contribution >= 4 is 75.1 Å². The van der Waals surface area contributed by atoms with Crippen molar-refractivity contribution in [2.45, 2.75) is 6.54 Å². The minimum atomic E-state index is -0.486. The number of benzene rings is 1. The molecule has 0 radical (unpaired) electrons. The zero-order chi connectivity index (χ0) is 24.9. The fourth-order valence-electron chi connectivity index (χ4n) is 3.60. The van der Waals surface area contributed by atoms with Gasteiger partial charge in [-0.3, -0.25) is 9.59 Å². The number of aromatic nitrogens is 1. The van der Waals surface area contributed by atoms with Gasteiger partial charge in [0.25, 0.3) is 11.8 Å². The second-order valence-electron chi connectivity index (χ2n) is 7.65. The number of carbonyl (C=O) groups is 2. The lowest BCUT2D eigenvalue weighted by atomic mass is 10.1. The highest BCUT2D eigenvalue weighted by molar-refractivity contribution is 7.13. The van der Waals surface area contributed by atoms with Crippen molar-refractivity contribution in [1.82, 2.24) is 10.3 Å². The lowest BCUT2D eigenvalue weighted by Gasteiger charge is -2.31. The fourth-order valence-corrected chi connectivity index (χ4v) is 5.19. The highest BCUT2D eigenvalue weighted by Gasteiger charge is 2.25. The third-order valence-corrected chi connectivity index (χ3v) is 7.27. The van der Waals surface area contributed by atoms with Gasteiger partial charge in [-0.05, 0) is 42.3 Å². The van der Waals surface area contributed by atoms with Gasteiger partial charge in [-0.1, -0.05) is 34.8 Å². The summed E-state index contributed by atoms with van der Waals surface area (Å²) in [6.07, 6.45) is 1.43. The molecule has 2 aromatic heterocycles. The average Bonchev–Trinajstić information content (AvgIpc) is 3.22. The molecule has 0 aliphatic carbocycles. The molecule has 3 N–H and O–H groups in total. The Morgan fingerprint density at radius 3 is 2.54 bits per heavy atom. The Kier molecular flexibility index (Phi) is 8.48. The van der Waals surface area contributed by atoms with Crippen LogP contribution in [0.25, 0.3) is 0 Å². The molecule has 0 bridgehead atoms. The molecule has 1 saturated heterocycles. The van der Waals surface area contributed by atoms with Gasteiger partial charge in [0.2, 0.25) is 0 Å².